The van der Waals surface area contributed by atoms with Gasteiger partial charge in [0.25, 0.3) is 0 Å². The van der Waals surface area contributed by atoms with Gasteiger partial charge in [0, 0.05) is 18.0 Å². The summed E-state index contributed by atoms with van der Waals surface area (Å²) in [5, 5.41) is 0. The van der Waals surface area contributed by atoms with Crippen molar-refractivity contribution in [2.45, 2.75) is 44.5 Å². The van der Waals surface area contributed by atoms with Gasteiger partial charge in [0.2, 0.25) is 0 Å². The molecule has 1 fully saturated rings. The van der Waals surface area contributed by atoms with Gasteiger partial charge in [-0.2, -0.15) is 0 Å². The van der Waals surface area contributed by atoms with E-state index in [1.807, 2.05) is 11.8 Å². The van der Waals surface area contributed by atoms with E-state index in [0.717, 1.165) is 12.3 Å². The predicted molar refractivity (Wildman–Crippen MR) is 82.1 cm³/mol. The average molecular weight is 264 g/mol. The lowest BCUT2D eigenvalue weighted by molar-refractivity contribution is 0.667. The molecule has 1 aliphatic rings. The minimum Gasteiger partial charge on any atom is -0.347 e. The first-order chi connectivity index (χ1) is 8.81. The molecule has 0 aliphatic carbocycles. The third-order valence-electron chi connectivity index (χ3n) is 3.51. The van der Waals surface area contributed by atoms with Gasteiger partial charge in [0.05, 0.1) is 0 Å². The van der Waals surface area contributed by atoms with Gasteiger partial charge >= 0.3 is 0 Å². The van der Waals surface area contributed by atoms with E-state index < -0.39 is 0 Å². The van der Waals surface area contributed by atoms with Gasteiger partial charge in [-0.25, -0.2) is 0 Å². The van der Waals surface area contributed by atoms with Crippen molar-refractivity contribution in [3.63, 3.8) is 0 Å². The van der Waals surface area contributed by atoms with E-state index in [9.17, 15) is 0 Å². The van der Waals surface area contributed by atoms with Crippen molar-refractivity contribution in [1.82, 2.24) is 0 Å². The average Bonchev–Trinajstić information content (AvgIpc) is 2.82. The van der Waals surface area contributed by atoms with Crippen LogP contribution in [-0.2, 0) is 6.42 Å². The van der Waals surface area contributed by atoms with E-state index >= 15 is 0 Å². The summed E-state index contributed by atoms with van der Waals surface area (Å²) in [6, 6.07) is 8.97. The van der Waals surface area contributed by atoms with Crippen LogP contribution in [0.25, 0.3) is 0 Å². The highest BCUT2D eigenvalue weighted by molar-refractivity contribution is 8.00. The Hall–Kier alpha value is -0.670. The zero-order chi connectivity index (χ0) is 12.8. The fourth-order valence-corrected chi connectivity index (χ4v) is 3.33. The van der Waals surface area contributed by atoms with Gasteiger partial charge in [-0.1, -0.05) is 38.3 Å². The number of anilines is 1. The fraction of sp³-hybridized carbons (Fsp3) is 0.600. The molecule has 3 heteroatoms. The van der Waals surface area contributed by atoms with Crippen LogP contribution in [0.4, 0.5) is 5.69 Å². The third kappa shape index (κ3) is 3.66. The quantitative estimate of drug-likeness (QED) is 0.796. The van der Waals surface area contributed by atoms with Crippen LogP contribution in [0.1, 0.15) is 38.2 Å². The van der Waals surface area contributed by atoms with Crippen LogP contribution in [-0.4, -0.2) is 17.8 Å². The van der Waals surface area contributed by atoms with Crippen LogP contribution in [0.15, 0.2) is 24.3 Å². The highest BCUT2D eigenvalue weighted by atomic mass is 32.2. The SMILES string of the molecule is CCCCCCc1ccc(N2CCSC2N)cc1. The van der Waals surface area contributed by atoms with E-state index in [1.165, 1.54) is 43.4 Å². The Morgan fingerprint density at radius 3 is 2.61 bits per heavy atom. The summed E-state index contributed by atoms with van der Waals surface area (Å²) in [6.45, 7) is 3.33. The van der Waals surface area contributed by atoms with Gasteiger partial charge in [0.1, 0.15) is 5.50 Å². The molecule has 0 spiro atoms. The predicted octanol–water partition coefficient (Wildman–Crippen LogP) is 3.60. The minimum absolute atomic E-state index is 0.139. The highest BCUT2D eigenvalue weighted by Gasteiger charge is 2.21. The molecule has 1 aromatic rings. The Morgan fingerprint density at radius 2 is 2.00 bits per heavy atom. The first kappa shape index (κ1) is 13.8. The lowest BCUT2D eigenvalue weighted by atomic mass is 10.1. The monoisotopic (exact) mass is 264 g/mol. The van der Waals surface area contributed by atoms with Gasteiger partial charge < -0.3 is 10.6 Å². The normalized spacial score (nSPS) is 19.4. The Morgan fingerprint density at radius 1 is 1.22 bits per heavy atom. The topological polar surface area (TPSA) is 29.3 Å². The van der Waals surface area contributed by atoms with Gasteiger partial charge in [-0.15, -0.1) is 11.8 Å². The molecule has 1 unspecified atom stereocenters. The first-order valence-corrected chi connectivity index (χ1v) is 8.09. The minimum atomic E-state index is 0.139. The zero-order valence-electron chi connectivity index (χ0n) is 11.3. The Labute approximate surface area is 115 Å². The molecule has 2 N–H and O–H groups in total. The second-order valence-electron chi connectivity index (χ2n) is 4.93. The Kier molecular flexibility index (Phi) is 5.39. The summed E-state index contributed by atoms with van der Waals surface area (Å²) in [5.74, 6) is 1.14. The molecule has 2 nitrogen and oxygen atoms in total. The van der Waals surface area contributed by atoms with E-state index in [-0.39, 0.29) is 5.50 Å². The number of hydrogen-bond acceptors (Lipinski definition) is 3. The molecule has 100 valence electrons. The lowest BCUT2D eigenvalue weighted by Crippen LogP contribution is -2.34. The summed E-state index contributed by atoms with van der Waals surface area (Å²) in [5.41, 5.74) is 8.91. The molecule has 2 rings (SSSR count). The summed E-state index contributed by atoms with van der Waals surface area (Å²) < 4.78 is 0. The van der Waals surface area contributed by atoms with Crippen molar-refractivity contribution in [2.24, 2.45) is 5.73 Å². The number of nitrogens with two attached hydrogens (primary N) is 1. The second kappa shape index (κ2) is 7.05. The van der Waals surface area contributed by atoms with Crippen LogP contribution in [0.3, 0.4) is 0 Å². The first-order valence-electron chi connectivity index (χ1n) is 7.04. The van der Waals surface area contributed by atoms with E-state index in [0.29, 0.717) is 0 Å². The molecule has 18 heavy (non-hydrogen) atoms. The highest BCUT2D eigenvalue weighted by Crippen LogP contribution is 2.26. The molecular weight excluding hydrogens is 240 g/mol. The van der Waals surface area contributed by atoms with Crippen LogP contribution in [0, 0.1) is 0 Å². The summed E-state index contributed by atoms with van der Waals surface area (Å²) in [7, 11) is 0. The maximum absolute atomic E-state index is 6.05. The number of unbranched alkanes of at least 4 members (excludes halogenated alkanes) is 3. The molecule has 1 atom stereocenters. The molecule has 0 saturated carbocycles. The number of thioether (sulfide) groups is 1. The van der Waals surface area contributed by atoms with Crippen LogP contribution >= 0.6 is 11.8 Å². The molecule has 0 aromatic heterocycles. The van der Waals surface area contributed by atoms with Crippen LogP contribution in [0.2, 0.25) is 0 Å². The smallest absolute Gasteiger partial charge is 0.125 e. The van der Waals surface area contributed by atoms with Crippen molar-refractivity contribution >= 4 is 17.4 Å². The maximum atomic E-state index is 6.05. The number of nitrogens with zero attached hydrogens (tertiary/aromatic N) is 1. The largest absolute Gasteiger partial charge is 0.347 e. The molecule has 1 aromatic carbocycles. The summed E-state index contributed by atoms with van der Waals surface area (Å²) in [4.78, 5) is 2.28. The number of hydrogen-bond donors (Lipinski definition) is 1. The van der Waals surface area contributed by atoms with Gasteiger partial charge in [0.15, 0.2) is 0 Å². The molecule has 0 radical (unpaired) electrons. The van der Waals surface area contributed by atoms with Crippen LogP contribution in [0.5, 0.6) is 0 Å². The molecule has 1 aliphatic heterocycles. The molecule has 1 saturated heterocycles. The summed E-state index contributed by atoms with van der Waals surface area (Å²) >= 11 is 1.83. The zero-order valence-corrected chi connectivity index (χ0v) is 12.1. The van der Waals surface area contributed by atoms with Crippen LogP contribution < -0.4 is 10.6 Å². The number of rotatable bonds is 6. The molecule has 0 amide bonds. The van der Waals surface area contributed by atoms with Gasteiger partial charge in [-0.05, 0) is 30.5 Å². The van der Waals surface area contributed by atoms with E-state index in [1.54, 1.807) is 0 Å². The summed E-state index contributed by atoms with van der Waals surface area (Å²) in [6.07, 6.45) is 6.54. The van der Waals surface area contributed by atoms with Crippen molar-refractivity contribution in [3.05, 3.63) is 29.8 Å². The van der Waals surface area contributed by atoms with Crippen molar-refractivity contribution in [3.8, 4) is 0 Å². The second-order valence-corrected chi connectivity index (χ2v) is 6.16. The lowest BCUT2D eigenvalue weighted by Gasteiger charge is -2.22. The standard InChI is InChI=1S/C15H24N2S/c1-2-3-4-5-6-13-7-9-14(10-8-13)17-11-12-18-15(17)16/h7-10,15H,2-6,11-12,16H2,1H3. The van der Waals surface area contributed by atoms with Crippen molar-refractivity contribution in [2.75, 3.05) is 17.2 Å². The van der Waals surface area contributed by atoms with Gasteiger partial charge in [-0.3, -0.25) is 0 Å². The number of aryl methyl sites for hydroxylation is 1. The van der Waals surface area contributed by atoms with E-state index in [4.69, 9.17) is 5.73 Å². The van der Waals surface area contributed by atoms with Crippen molar-refractivity contribution in [1.29, 1.82) is 0 Å². The maximum Gasteiger partial charge on any atom is 0.125 e. The molecule has 0 bridgehead atoms. The Bertz CT molecular complexity index is 350. The Balaban J connectivity index is 1.85. The molecular formula is C15H24N2S. The fourth-order valence-electron chi connectivity index (χ4n) is 2.38. The molecule has 1 heterocycles. The van der Waals surface area contributed by atoms with Crippen molar-refractivity contribution < 1.29 is 0 Å². The van der Waals surface area contributed by atoms with E-state index in [2.05, 4.69) is 36.1 Å². The number of benzene rings is 1. The third-order valence-corrected chi connectivity index (χ3v) is 4.53.